The number of halogens is 2. The number of nitrogens with zero attached hydrogens (tertiary/aromatic N) is 2. The topological polar surface area (TPSA) is 61.2 Å². The van der Waals surface area contributed by atoms with Crippen molar-refractivity contribution in [2.45, 2.75) is 13.5 Å². The van der Waals surface area contributed by atoms with E-state index in [1.54, 1.807) is 37.3 Å². The van der Waals surface area contributed by atoms with E-state index in [4.69, 9.17) is 16.3 Å². The van der Waals surface area contributed by atoms with Gasteiger partial charge in [-0.1, -0.05) is 29.8 Å². The molecule has 7 heteroatoms. The molecule has 3 rings (SSSR count). The Balaban J connectivity index is 1.88. The maximum atomic E-state index is 13.6. The molecule has 0 saturated heterocycles. The molecule has 1 aromatic heterocycles. The maximum Gasteiger partial charge on any atom is 0.363 e. The van der Waals surface area contributed by atoms with Gasteiger partial charge in [0.15, 0.2) is 0 Å². The van der Waals surface area contributed by atoms with Crippen LogP contribution < -0.4 is 5.43 Å². The molecule has 0 saturated carbocycles. The number of ether oxygens (including phenoxy) is 1. The van der Waals surface area contributed by atoms with Gasteiger partial charge in [0.2, 0.25) is 11.1 Å². The lowest BCUT2D eigenvalue weighted by molar-refractivity contribution is 0.0458. The van der Waals surface area contributed by atoms with E-state index in [1.165, 1.54) is 28.9 Å². The molecule has 0 spiro atoms. The van der Waals surface area contributed by atoms with Crippen molar-refractivity contribution in [3.8, 4) is 5.69 Å². The van der Waals surface area contributed by atoms with Gasteiger partial charge in [-0.05, 0) is 37.3 Å². The van der Waals surface area contributed by atoms with Gasteiger partial charge >= 0.3 is 5.97 Å². The Morgan fingerprint density at radius 3 is 2.58 bits per heavy atom. The monoisotopic (exact) mass is 372 g/mol. The number of hydrogen-bond acceptors (Lipinski definition) is 4. The van der Waals surface area contributed by atoms with Gasteiger partial charge in [-0.15, -0.1) is 0 Å². The van der Waals surface area contributed by atoms with E-state index >= 15 is 0 Å². The van der Waals surface area contributed by atoms with Gasteiger partial charge in [0, 0.05) is 22.3 Å². The molecule has 26 heavy (non-hydrogen) atoms. The van der Waals surface area contributed by atoms with Crippen LogP contribution in [-0.2, 0) is 11.3 Å². The number of aromatic nitrogens is 2. The summed E-state index contributed by atoms with van der Waals surface area (Å²) in [6.07, 6.45) is 0. The molecule has 0 bridgehead atoms. The summed E-state index contributed by atoms with van der Waals surface area (Å²) >= 11 is 5.87. The fourth-order valence-corrected chi connectivity index (χ4v) is 2.49. The third kappa shape index (κ3) is 3.81. The van der Waals surface area contributed by atoms with Gasteiger partial charge in [0.25, 0.3) is 0 Å². The van der Waals surface area contributed by atoms with Crippen molar-refractivity contribution < 1.29 is 13.9 Å². The van der Waals surface area contributed by atoms with Crippen molar-refractivity contribution in [3.05, 3.63) is 92.6 Å². The van der Waals surface area contributed by atoms with Gasteiger partial charge in [-0.3, -0.25) is 4.79 Å². The van der Waals surface area contributed by atoms with E-state index in [1.807, 2.05) is 0 Å². The molecule has 2 aromatic carbocycles. The quantitative estimate of drug-likeness (QED) is 0.655. The fraction of sp³-hybridized carbons (Fsp3) is 0.105. The molecular formula is C19H14ClFN2O3. The first-order valence-electron chi connectivity index (χ1n) is 7.73. The maximum absolute atomic E-state index is 13.6. The molecule has 0 aliphatic carbocycles. The Kier molecular flexibility index (Phi) is 5.14. The van der Waals surface area contributed by atoms with Crippen molar-refractivity contribution >= 4 is 17.6 Å². The van der Waals surface area contributed by atoms with E-state index in [0.29, 0.717) is 16.4 Å². The highest BCUT2D eigenvalue weighted by Crippen LogP contribution is 2.14. The van der Waals surface area contributed by atoms with Crippen LogP contribution in [0, 0.1) is 12.7 Å². The Morgan fingerprint density at radius 1 is 1.19 bits per heavy atom. The lowest BCUT2D eigenvalue weighted by Crippen LogP contribution is -2.24. The molecule has 132 valence electrons. The predicted octanol–water partition coefficient (Wildman–Crippen LogP) is 3.69. The van der Waals surface area contributed by atoms with Crippen LogP contribution in [0.5, 0.6) is 0 Å². The lowest BCUT2D eigenvalue weighted by Gasteiger charge is -2.11. The van der Waals surface area contributed by atoms with Crippen LogP contribution in [0.2, 0.25) is 5.02 Å². The van der Waals surface area contributed by atoms with Gasteiger partial charge in [0.05, 0.1) is 5.69 Å². The average molecular weight is 373 g/mol. The van der Waals surface area contributed by atoms with Crippen molar-refractivity contribution in [1.82, 2.24) is 9.78 Å². The second kappa shape index (κ2) is 7.49. The number of rotatable bonds is 4. The van der Waals surface area contributed by atoms with Crippen molar-refractivity contribution in [2.75, 3.05) is 0 Å². The van der Waals surface area contributed by atoms with Crippen LogP contribution in [-0.4, -0.2) is 15.7 Å². The highest BCUT2D eigenvalue weighted by Gasteiger charge is 2.17. The second-order valence-corrected chi connectivity index (χ2v) is 5.99. The van der Waals surface area contributed by atoms with Crippen LogP contribution in [0.15, 0.2) is 59.4 Å². The Bertz CT molecular complexity index is 1020. The van der Waals surface area contributed by atoms with E-state index in [-0.39, 0.29) is 17.9 Å². The smallest absolute Gasteiger partial charge is 0.363 e. The van der Waals surface area contributed by atoms with Crippen LogP contribution in [0.3, 0.4) is 0 Å². The van der Waals surface area contributed by atoms with Gasteiger partial charge < -0.3 is 4.74 Å². The number of carbonyl (C=O) groups is 1. The standard InChI is InChI=1S/C19H14ClFN2O3/c1-12-10-17(24)18(22-23(12)15-8-6-14(20)7-9-15)19(25)26-11-13-4-2-3-5-16(13)21/h2-10H,11H2,1H3. The van der Waals surface area contributed by atoms with E-state index < -0.39 is 17.2 Å². The number of carbonyl (C=O) groups excluding carboxylic acids is 1. The minimum absolute atomic E-state index is 0.214. The number of benzene rings is 2. The Labute approximate surface area is 153 Å². The number of aryl methyl sites for hydroxylation is 1. The first-order valence-corrected chi connectivity index (χ1v) is 8.11. The summed E-state index contributed by atoms with van der Waals surface area (Å²) in [7, 11) is 0. The SMILES string of the molecule is Cc1cc(=O)c(C(=O)OCc2ccccc2F)nn1-c1ccc(Cl)cc1. The molecular weight excluding hydrogens is 359 g/mol. The third-order valence-electron chi connectivity index (χ3n) is 3.69. The fourth-order valence-electron chi connectivity index (χ4n) is 2.36. The summed E-state index contributed by atoms with van der Waals surface area (Å²) < 4.78 is 20.1. The second-order valence-electron chi connectivity index (χ2n) is 5.55. The third-order valence-corrected chi connectivity index (χ3v) is 3.94. The summed E-state index contributed by atoms with van der Waals surface area (Å²) in [6.45, 7) is 1.40. The first-order chi connectivity index (χ1) is 12.5. The molecule has 0 radical (unpaired) electrons. The zero-order valence-corrected chi connectivity index (χ0v) is 14.5. The molecule has 0 fully saturated rings. The molecule has 0 aliphatic rings. The van der Waals surface area contributed by atoms with Crippen LogP contribution in [0.25, 0.3) is 5.69 Å². The molecule has 3 aromatic rings. The normalized spacial score (nSPS) is 10.6. The molecule has 0 amide bonds. The lowest BCUT2D eigenvalue weighted by atomic mass is 10.2. The van der Waals surface area contributed by atoms with Crippen molar-refractivity contribution in [3.63, 3.8) is 0 Å². The van der Waals surface area contributed by atoms with Crippen molar-refractivity contribution in [1.29, 1.82) is 0 Å². The summed E-state index contributed by atoms with van der Waals surface area (Å²) in [5, 5.41) is 4.65. The minimum atomic E-state index is -0.916. The largest absolute Gasteiger partial charge is 0.456 e. The summed E-state index contributed by atoms with van der Waals surface area (Å²) in [4.78, 5) is 24.4. The van der Waals surface area contributed by atoms with Crippen LogP contribution in [0.1, 0.15) is 21.7 Å². The van der Waals surface area contributed by atoms with Gasteiger partial charge in [-0.25, -0.2) is 13.9 Å². The highest BCUT2D eigenvalue weighted by molar-refractivity contribution is 6.30. The van der Waals surface area contributed by atoms with Crippen LogP contribution in [0.4, 0.5) is 4.39 Å². The summed E-state index contributed by atoms with van der Waals surface area (Å²) in [5.74, 6) is -1.41. The molecule has 0 unspecified atom stereocenters. The van der Waals surface area contributed by atoms with Gasteiger partial charge in [-0.2, -0.15) is 5.10 Å². The van der Waals surface area contributed by atoms with Crippen LogP contribution >= 0.6 is 11.6 Å². The zero-order chi connectivity index (χ0) is 18.7. The van der Waals surface area contributed by atoms with E-state index in [0.717, 1.165) is 0 Å². The van der Waals surface area contributed by atoms with E-state index in [9.17, 15) is 14.0 Å². The van der Waals surface area contributed by atoms with Gasteiger partial charge in [0.1, 0.15) is 12.4 Å². The number of hydrogen-bond donors (Lipinski definition) is 0. The molecule has 1 heterocycles. The summed E-state index contributed by atoms with van der Waals surface area (Å²) in [6, 6.07) is 14.0. The zero-order valence-electron chi connectivity index (χ0n) is 13.8. The molecule has 0 atom stereocenters. The molecule has 0 aliphatic heterocycles. The molecule has 0 N–H and O–H groups in total. The Morgan fingerprint density at radius 2 is 1.88 bits per heavy atom. The molecule has 5 nitrogen and oxygen atoms in total. The number of esters is 1. The average Bonchev–Trinajstić information content (AvgIpc) is 2.62. The minimum Gasteiger partial charge on any atom is -0.456 e. The first kappa shape index (κ1) is 17.8. The summed E-state index contributed by atoms with van der Waals surface area (Å²) in [5.41, 5.74) is 0.456. The highest BCUT2D eigenvalue weighted by atomic mass is 35.5. The predicted molar refractivity (Wildman–Crippen MR) is 95.1 cm³/mol. The van der Waals surface area contributed by atoms with E-state index in [2.05, 4.69) is 5.10 Å². The Hall–Kier alpha value is -2.99. The van der Waals surface area contributed by atoms with Crippen molar-refractivity contribution in [2.24, 2.45) is 0 Å².